The molecule has 1 radical (unpaired) electrons. The van der Waals surface area contributed by atoms with Crippen LogP contribution in [0, 0.1) is 6.42 Å². The molecular weight excluding hydrogens is 251 g/mol. The molecule has 0 saturated carbocycles. The molecule has 0 N–H and O–H groups in total. The number of alkyl halides is 3. The van der Waals surface area contributed by atoms with Crippen LogP contribution in [0.25, 0.3) is 0 Å². The van der Waals surface area contributed by atoms with E-state index in [0.717, 1.165) is 0 Å². The number of halogens is 3. The van der Waals surface area contributed by atoms with E-state index in [4.69, 9.17) is 0 Å². The van der Waals surface area contributed by atoms with Gasteiger partial charge in [0.25, 0.3) is 0 Å². The molecule has 0 bridgehead atoms. The molecule has 0 aliphatic heterocycles. The number of benzene rings is 1. The first-order valence-electron chi connectivity index (χ1n) is 4.62. The Bertz CT molecular complexity index is 482. The Morgan fingerprint density at radius 2 is 2.00 bits per heavy atom. The Hall–Kier alpha value is -1.56. The number of aromatic nitrogens is 1. The number of hydrogen-bond donors (Lipinski definition) is 0. The number of nitrogens with zero attached hydrogens (tertiary/aromatic N) is 1. The van der Waals surface area contributed by atoms with Gasteiger partial charge in [-0.25, -0.2) is 4.98 Å². The molecule has 0 amide bonds. The molecule has 2 rings (SSSR count). The number of thiazole rings is 1. The highest BCUT2D eigenvalue weighted by Crippen LogP contribution is 2.28. The summed E-state index contributed by atoms with van der Waals surface area (Å²) >= 11 is 1.37. The minimum Gasteiger partial charge on any atom is -0.405 e. The Morgan fingerprint density at radius 3 is 2.65 bits per heavy atom. The third-order valence-electron chi connectivity index (χ3n) is 1.90. The number of hydrogen-bond acceptors (Lipinski definition) is 3. The van der Waals surface area contributed by atoms with Crippen LogP contribution in [-0.2, 0) is 0 Å². The van der Waals surface area contributed by atoms with Crippen LogP contribution >= 0.6 is 11.3 Å². The minimum absolute atomic E-state index is 0.229. The zero-order chi connectivity index (χ0) is 12.3. The van der Waals surface area contributed by atoms with Crippen molar-refractivity contribution >= 4 is 11.3 Å². The molecule has 0 saturated heterocycles. The fourth-order valence-electron chi connectivity index (χ4n) is 1.27. The van der Waals surface area contributed by atoms with E-state index < -0.39 is 6.36 Å². The molecule has 0 spiro atoms. The van der Waals surface area contributed by atoms with Crippen LogP contribution in [0.3, 0.4) is 0 Å². The molecule has 6 heteroatoms. The van der Waals surface area contributed by atoms with Gasteiger partial charge in [-0.2, -0.15) is 0 Å². The Labute approximate surface area is 99.7 Å². The largest absolute Gasteiger partial charge is 0.573 e. The van der Waals surface area contributed by atoms with Crippen LogP contribution in [0.1, 0.15) is 11.3 Å². The smallest absolute Gasteiger partial charge is 0.405 e. The van der Waals surface area contributed by atoms with Gasteiger partial charge < -0.3 is 4.74 Å². The second-order valence-corrected chi connectivity index (χ2v) is 3.86. The Kier molecular flexibility index (Phi) is 3.33. The summed E-state index contributed by atoms with van der Waals surface area (Å²) in [7, 11) is 0. The van der Waals surface area contributed by atoms with Crippen molar-refractivity contribution in [3.05, 3.63) is 52.8 Å². The molecule has 0 fully saturated rings. The van der Waals surface area contributed by atoms with E-state index in [1.54, 1.807) is 23.0 Å². The average Bonchev–Trinajstić information content (AvgIpc) is 2.71. The highest BCUT2D eigenvalue weighted by molar-refractivity contribution is 7.07. The summed E-state index contributed by atoms with van der Waals surface area (Å²) < 4.78 is 40.4. The van der Waals surface area contributed by atoms with E-state index in [0.29, 0.717) is 11.3 Å². The van der Waals surface area contributed by atoms with Crippen molar-refractivity contribution in [2.24, 2.45) is 0 Å². The van der Waals surface area contributed by atoms with Crippen molar-refractivity contribution in [3.8, 4) is 5.75 Å². The van der Waals surface area contributed by atoms with E-state index in [9.17, 15) is 13.2 Å². The quantitative estimate of drug-likeness (QED) is 0.838. The molecule has 1 aromatic heterocycles. The van der Waals surface area contributed by atoms with Crippen molar-refractivity contribution in [1.29, 1.82) is 0 Å². The second-order valence-electron chi connectivity index (χ2n) is 3.14. The van der Waals surface area contributed by atoms with Crippen LogP contribution in [0.15, 0.2) is 35.2 Å². The number of rotatable bonds is 3. The summed E-state index contributed by atoms with van der Waals surface area (Å²) in [5.74, 6) is -0.229. The van der Waals surface area contributed by atoms with E-state index in [1.165, 1.54) is 29.9 Å². The van der Waals surface area contributed by atoms with Gasteiger partial charge in [0.2, 0.25) is 0 Å². The first-order valence-corrected chi connectivity index (χ1v) is 5.56. The molecule has 2 nitrogen and oxygen atoms in total. The van der Waals surface area contributed by atoms with Gasteiger partial charge in [0.15, 0.2) is 0 Å². The Morgan fingerprint density at radius 1 is 1.24 bits per heavy atom. The molecule has 0 aliphatic carbocycles. The molecule has 2 aromatic rings. The van der Waals surface area contributed by atoms with Gasteiger partial charge >= 0.3 is 6.36 Å². The van der Waals surface area contributed by atoms with Crippen LogP contribution in [0.4, 0.5) is 13.2 Å². The molecule has 17 heavy (non-hydrogen) atoms. The van der Waals surface area contributed by atoms with E-state index in [1.807, 2.05) is 0 Å². The van der Waals surface area contributed by atoms with Crippen LogP contribution < -0.4 is 4.74 Å². The SMILES string of the molecule is FC(F)(F)Oc1ccccc1[CH]c1cscn1. The Balaban J connectivity index is 2.22. The predicted octanol–water partition coefficient (Wildman–Crippen LogP) is 3.64. The van der Waals surface area contributed by atoms with E-state index in [-0.39, 0.29) is 5.75 Å². The maximum absolute atomic E-state index is 12.2. The van der Waals surface area contributed by atoms with Crippen molar-refractivity contribution in [2.45, 2.75) is 6.36 Å². The first-order chi connectivity index (χ1) is 8.04. The van der Waals surface area contributed by atoms with Crippen molar-refractivity contribution < 1.29 is 17.9 Å². The third-order valence-corrected chi connectivity index (χ3v) is 2.50. The van der Waals surface area contributed by atoms with Gasteiger partial charge in [0.1, 0.15) is 5.75 Å². The van der Waals surface area contributed by atoms with Gasteiger partial charge in [0.05, 0.1) is 11.2 Å². The van der Waals surface area contributed by atoms with E-state index in [2.05, 4.69) is 9.72 Å². The molecule has 0 atom stereocenters. The summed E-state index contributed by atoms with van der Waals surface area (Å²) in [4.78, 5) is 3.98. The summed E-state index contributed by atoms with van der Waals surface area (Å²) in [5.41, 5.74) is 2.56. The summed E-state index contributed by atoms with van der Waals surface area (Å²) in [5, 5.41) is 1.74. The highest BCUT2D eigenvalue weighted by Gasteiger charge is 2.32. The van der Waals surface area contributed by atoms with Crippen molar-refractivity contribution in [2.75, 3.05) is 0 Å². The summed E-state index contributed by atoms with van der Waals surface area (Å²) in [6.45, 7) is 0. The highest BCUT2D eigenvalue weighted by atomic mass is 32.1. The standard InChI is InChI=1S/C11H7F3NOS/c12-11(13,14)16-10-4-2-1-3-8(10)5-9-6-17-7-15-9/h1-7H. The molecular formula is C11H7F3NOS. The van der Waals surface area contributed by atoms with Gasteiger partial charge in [-0.1, -0.05) is 18.2 Å². The van der Waals surface area contributed by atoms with Crippen LogP contribution in [0.2, 0.25) is 0 Å². The lowest BCUT2D eigenvalue weighted by Gasteiger charge is -2.12. The zero-order valence-corrected chi connectivity index (χ0v) is 9.26. The van der Waals surface area contributed by atoms with Crippen LogP contribution in [0.5, 0.6) is 5.75 Å². The second kappa shape index (κ2) is 4.75. The number of para-hydroxylation sites is 1. The predicted molar refractivity (Wildman–Crippen MR) is 57.7 cm³/mol. The first kappa shape index (κ1) is 11.9. The lowest BCUT2D eigenvalue weighted by molar-refractivity contribution is -0.274. The zero-order valence-electron chi connectivity index (χ0n) is 8.44. The summed E-state index contributed by atoms with van der Waals surface area (Å²) in [6.07, 6.45) is -3.15. The fourth-order valence-corrected chi connectivity index (χ4v) is 1.78. The fraction of sp³-hybridized carbons (Fsp3) is 0.0909. The summed E-state index contributed by atoms with van der Waals surface area (Å²) in [6, 6.07) is 5.94. The molecule has 89 valence electrons. The maximum Gasteiger partial charge on any atom is 0.573 e. The lowest BCUT2D eigenvalue weighted by Crippen LogP contribution is -2.18. The monoisotopic (exact) mass is 258 g/mol. The maximum atomic E-state index is 12.2. The van der Waals surface area contributed by atoms with Crippen molar-refractivity contribution in [1.82, 2.24) is 4.98 Å². The average molecular weight is 258 g/mol. The van der Waals surface area contributed by atoms with Gasteiger partial charge in [-0.05, 0) is 6.07 Å². The lowest BCUT2D eigenvalue weighted by atomic mass is 10.1. The molecule has 1 heterocycles. The minimum atomic E-state index is -4.69. The third kappa shape index (κ3) is 3.45. The van der Waals surface area contributed by atoms with Crippen molar-refractivity contribution in [3.63, 3.8) is 0 Å². The van der Waals surface area contributed by atoms with E-state index >= 15 is 0 Å². The van der Waals surface area contributed by atoms with Gasteiger partial charge in [0, 0.05) is 17.4 Å². The molecule has 0 aliphatic rings. The normalized spacial score (nSPS) is 11.5. The topological polar surface area (TPSA) is 22.1 Å². The molecule has 1 aromatic carbocycles. The van der Waals surface area contributed by atoms with Crippen LogP contribution in [-0.4, -0.2) is 11.3 Å². The van der Waals surface area contributed by atoms with Gasteiger partial charge in [-0.3, -0.25) is 0 Å². The molecule has 0 unspecified atom stereocenters. The number of ether oxygens (including phenoxy) is 1. The van der Waals surface area contributed by atoms with Gasteiger partial charge in [-0.15, -0.1) is 24.5 Å².